The molecule has 3 rings (SSSR count). The van der Waals surface area contributed by atoms with Crippen LogP contribution in [0.4, 0.5) is 14.5 Å². The molecule has 7 heteroatoms. The summed E-state index contributed by atoms with van der Waals surface area (Å²) in [7, 11) is 0. The van der Waals surface area contributed by atoms with Crippen molar-refractivity contribution in [3.8, 4) is 5.75 Å². The lowest BCUT2D eigenvalue weighted by atomic mass is 10.1. The number of ether oxygens (including phenoxy) is 1. The van der Waals surface area contributed by atoms with E-state index in [1.807, 2.05) is 6.92 Å². The van der Waals surface area contributed by atoms with Crippen LogP contribution in [0.25, 0.3) is 11.0 Å². The maximum Gasteiger partial charge on any atom is 0.336 e. The molecule has 1 N–H and O–H groups in total. The van der Waals surface area contributed by atoms with Crippen molar-refractivity contribution in [3.05, 3.63) is 70.1 Å². The Hall–Kier alpha value is -3.22. The Balaban J connectivity index is 1.71. The predicted molar refractivity (Wildman–Crippen MR) is 92.3 cm³/mol. The molecule has 0 aliphatic carbocycles. The maximum absolute atomic E-state index is 13.5. The number of carbonyl (C=O) groups is 1. The number of hydrogen-bond acceptors (Lipinski definition) is 4. The fourth-order valence-electron chi connectivity index (χ4n) is 2.52. The van der Waals surface area contributed by atoms with Crippen molar-refractivity contribution in [2.75, 3.05) is 11.9 Å². The molecule has 2 aromatic carbocycles. The number of hydrogen-bond donors (Lipinski definition) is 1. The van der Waals surface area contributed by atoms with Crippen molar-refractivity contribution < 1.29 is 22.7 Å². The molecule has 0 aliphatic rings. The van der Waals surface area contributed by atoms with E-state index in [9.17, 15) is 18.4 Å². The monoisotopic (exact) mass is 359 g/mol. The van der Waals surface area contributed by atoms with Gasteiger partial charge >= 0.3 is 5.63 Å². The molecule has 1 heterocycles. The minimum absolute atomic E-state index is 0.142. The number of fused-ring (bicyclic) bond motifs is 1. The number of aryl methyl sites for hydroxylation is 1. The molecule has 0 saturated carbocycles. The number of amides is 1. The topological polar surface area (TPSA) is 68.5 Å². The summed E-state index contributed by atoms with van der Waals surface area (Å²) < 4.78 is 36.9. The molecule has 5 nitrogen and oxygen atoms in total. The first-order valence-electron chi connectivity index (χ1n) is 7.90. The summed E-state index contributed by atoms with van der Waals surface area (Å²) in [5.41, 5.74) is 0.609. The van der Waals surface area contributed by atoms with Crippen molar-refractivity contribution in [2.45, 2.75) is 13.3 Å². The van der Waals surface area contributed by atoms with Crippen LogP contribution in [-0.4, -0.2) is 12.5 Å². The summed E-state index contributed by atoms with van der Waals surface area (Å²) in [6, 6.07) is 9.18. The zero-order valence-electron chi connectivity index (χ0n) is 13.8. The first kappa shape index (κ1) is 17.6. The standard InChI is InChI=1S/C19H15F2NO4/c1-2-11-7-19(24)26-17-9-13(4-5-14(11)17)25-10-18(23)22-16-6-3-12(20)8-15(16)21/h3-9H,2,10H2,1H3,(H,22,23). The van der Waals surface area contributed by atoms with Gasteiger partial charge in [0, 0.05) is 23.6 Å². The van der Waals surface area contributed by atoms with E-state index >= 15 is 0 Å². The van der Waals surface area contributed by atoms with Crippen LogP contribution in [0.15, 0.2) is 51.7 Å². The van der Waals surface area contributed by atoms with Gasteiger partial charge in [-0.1, -0.05) is 6.92 Å². The van der Waals surface area contributed by atoms with Crippen LogP contribution in [-0.2, 0) is 11.2 Å². The molecule has 0 atom stereocenters. The molecule has 0 fully saturated rings. The smallest absolute Gasteiger partial charge is 0.336 e. The molecule has 0 unspecified atom stereocenters. The second-order valence-electron chi connectivity index (χ2n) is 5.56. The average Bonchev–Trinajstić information content (AvgIpc) is 2.61. The van der Waals surface area contributed by atoms with E-state index in [1.54, 1.807) is 12.1 Å². The Bertz CT molecular complexity index is 1030. The van der Waals surface area contributed by atoms with Gasteiger partial charge in [0.25, 0.3) is 5.91 Å². The Kier molecular flexibility index (Phi) is 4.97. The van der Waals surface area contributed by atoms with Crippen LogP contribution in [0.5, 0.6) is 5.75 Å². The van der Waals surface area contributed by atoms with Crippen LogP contribution in [0.2, 0.25) is 0 Å². The van der Waals surface area contributed by atoms with E-state index in [4.69, 9.17) is 9.15 Å². The summed E-state index contributed by atoms with van der Waals surface area (Å²) in [6.45, 7) is 1.54. The normalized spacial score (nSPS) is 10.7. The second-order valence-corrected chi connectivity index (χ2v) is 5.56. The highest BCUT2D eigenvalue weighted by molar-refractivity contribution is 5.92. The van der Waals surface area contributed by atoms with Gasteiger partial charge < -0.3 is 14.5 Å². The number of nitrogens with one attached hydrogen (secondary N) is 1. The SMILES string of the molecule is CCc1cc(=O)oc2cc(OCC(=O)Nc3ccc(F)cc3F)ccc12. The first-order valence-corrected chi connectivity index (χ1v) is 7.90. The number of halogens is 2. The van der Waals surface area contributed by atoms with Gasteiger partial charge in [0.15, 0.2) is 6.61 Å². The van der Waals surface area contributed by atoms with Crippen molar-refractivity contribution >= 4 is 22.6 Å². The van der Waals surface area contributed by atoms with Gasteiger partial charge in [-0.2, -0.15) is 0 Å². The van der Waals surface area contributed by atoms with E-state index in [-0.39, 0.29) is 12.3 Å². The Morgan fingerprint density at radius 2 is 1.96 bits per heavy atom. The summed E-state index contributed by atoms with van der Waals surface area (Å²) in [5, 5.41) is 3.08. The van der Waals surface area contributed by atoms with Gasteiger partial charge in [-0.15, -0.1) is 0 Å². The third-order valence-electron chi connectivity index (χ3n) is 3.76. The highest BCUT2D eigenvalue weighted by Gasteiger charge is 2.10. The van der Waals surface area contributed by atoms with Gasteiger partial charge in [-0.05, 0) is 36.2 Å². The first-order chi connectivity index (χ1) is 12.5. The number of rotatable bonds is 5. The molecule has 134 valence electrons. The van der Waals surface area contributed by atoms with E-state index < -0.39 is 23.2 Å². The van der Waals surface area contributed by atoms with Crippen molar-refractivity contribution in [2.24, 2.45) is 0 Å². The van der Waals surface area contributed by atoms with Gasteiger partial charge in [0.2, 0.25) is 0 Å². The molecule has 1 amide bonds. The van der Waals surface area contributed by atoms with E-state index in [0.29, 0.717) is 23.8 Å². The summed E-state index contributed by atoms with van der Waals surface area (Å²) in [5.74, 6) is -1.90. The number of benzene rings is 2. The van der Waals surface area contributed by atoms with Crippen molar-refractivity contribution in [1.82, 2.24) is 0 Å². The molecular weight excluding hydrogens is 344 g/mol. The fourth-order valence-corrected chi connectivity index (χ4v) is 2.52. The average molecular weight is 359 g/mol. The predicted octanol–water partition coefficient (Wildman–Crippen LogP) is 3.65. The third kappa shape index (κ3) is 3.88. The van der Waals surface area contributed by atoms with Crippen LogP contribution < -0.4 is 15.7 Å². The fraction of sp³-hybridized carbons (Fsp3) is 0.158. The van der Waals surface area contributed by atoms with Crippen LogP contribution >= 0.6 is 0 Å². The molecule has 0 aliphatic heterocycles. The molecule has 0 radical (unpaired) electrons. The van der Waals surface area contributed by atoms with Crippen LogP contribution in [0, 0.1) is 11.6 Å². The summed E-state index contributed by atoms with van der Waals surface area (Å²) in [6.07, 6.45) is 0.675. The van der Waals surface area contributed by atoms with Crippen LogP contribution in [0.3, 0.4) is 0 Å². The van der Waals surface area contributed by atoms with E-state index in [1.165, 1.54) is 12.1 Å². The molecule has 0 saturated heterocycles. The Labute approximate surface area is 147 Å². The Morgan fingerprint density at radius 3 is 2.69 bits per heavy atom. The highest BCUT2D eigenvalue weighted by Crippen LogP contribution is 2.23. The lowest BCUT2D eigenvalue weighted by molar-refractivity contribution is -0.118. The maximum atomic E-state index is 13.5. The zero-order valence-corrected chi connectivity index (χ0v) is 13.8. The number of anilines is 1. The lowest BCUT2D eigenvalue weighted by Gasteiger charge is -2.09. The van der Waals surface area contributed by atoms with Gasteiger partial charge in [0.1, 0.15) is 23.0 Å². The minimum Gasteiger partial charge on any atom is -0.484 e. The largest absolute Gasteiger partial charge is 0.484 e. The quantitative estimate of drug-likeness (QED) is 0.706. The van der Waals surface area contributed by atoms with Crippen LogP contribution in [0.1, 0.15) is 12.5 Å². The van der Waals surface area contributed by atoms with Gasteiger partial charge in [-0.3, -0.25) is 4.79 Å². The van der Waals surface area contributed by atoms with Gasteiger partial charge in [0.05, 0.1) is 5.69 Å². The lowest BCUT2D eigenvalue weighted by Crippen LogP contribution is -2.20. The third-order valence-corrected chi connectivity index (χ3v) is 3.76. The van der Waals surface area contributed by atoms with E-state index in [2.05, 4.69) is 5.32 Å². The minimum atomic E-state index is -0.877. The van der Waals surface area contributed by atoms with E-state index in [0.717, 1.165) is 23.1 Å². The molecule has 0 spiro atoms. The van der Waals surface area contributed by atoms with Gasteiger partial charge in [-0.25, -0.2) is 13.6 Å². The highest BCUT2D eigenvalue weighted by atomic mass is 19.1. The molecule has 3 aromatic rings. The van der Waals surface area contributed by atoms with Crippen molar-refractivity contribution in [3.63, 3.8) is 0 Å². The molecule has 26 heavy (non-hydrogen) atoms. The van der Waals surface area contributed by atoms with Crippen molar-refractivity contribution in [1.29, 1.82) is 0 Å². The second kappa shape index (κ2) is 7.35. The zero-order chi connectivity index (χ0) is 18.7. The summed E-state index contributed by atoms with van der Waals surface area (Å²) in [4.78, 5) is 23.4. The number of carbonyl (C=O) groups excluding carboxylic acids is 1. The molecule has 0 bridgehead atoms. The summed E-state index contributed by atoms with van der Waals surface area (Å²) >= 11 is 0. The molecular formula is C19H15F2NO4. The molecule has 1 aromatic heterocycles. The Morgan fingerprint density at radius 1 is 1.15 bits per heavy atom.